The molecule has 0 spiro atoms. The summed E-state index contributed by atoms with van der Waals surface area (Å²) in [5.74, 6) is 3.21. The number of piperazine rings is 2. The highest BCUT2D eigenvalue weighted by Gasteiger charge is 2.21. The quantitative estimate of drug-likeness (QED) is 0.0413. The standard InChI is InChI=1S/C23H27ClN6O2S.C17H14Cl2N4OS.C6H14N2O.C5H6N2O2/c1-15-4-3-5-18(24)17(15)12-19(32)20-14-25-23(33-20)28-21-13-22(27-16(2)26-21)30-8-6-29(7-9-30)10-11-31;1-9-4-3-5-12(18)11(9)6-13(24)14-8-20-17(25-14)23-16-7-15(19)21-10(2)22-16;9-6-5-8-3-1-7-2-4-8;1-3-2-6-5(9)7-4(3)8/h3-5,13-14,31H,6-12H2,1-2H3,(H,25,26,27,28);3-5,7-8H,6H2,1-2H3,(H,20,21,22,23);7,9H,1-6H2;2H,1H3,(H2,6,7,8,9). The summed E-state index contributed by atoms with van der Waals surface area (Å²) in [6, 6.07) is 14.7. The number of H-pyrrole nitrogens is 2. The number of halogens is 3. The summed E-state index contributed by atoms with van der Waals surface area (Å²) >= 11 is 21.0. The number of hydrogen-bond acceptors (Lipinski definition) is 20. The Balaban J connectivity index is 0.000000189. The van der Waals surface area contributed by atoms with E-state index in [4.69, 9.17) is 45.0 Å². The molecule has 0 bridgehead atoms. The molecule has 0 saturated carbocycles. The van der Waals surface area contributed by atoms with Crippen molar-refractivity contribution in [3.63, 3.8) is 0 Å². The number of nitrogens with one attached hydrogen (secondary N) is 5. The molecule has 20 nitrogen and oxygen atoms in total. The van der Waals surface area contributed by atoms with Gasteiger partial charge in [-0.25, -0.2) is 34.7 Å². The van der Waals surface area contributed by atoms with Crippen LogP contribution < -0.4 is 32.1 Å². The number of aryl methyl sites for hydroxylation is 5. The van der Waals surface area contributed by atoms with Crippen molar-refractivity contribution < 1.29 is 19.8 Å². The van der Waals surface area contributed by atoms with Gasteiger partial charge in [0.15, 0.2) is 21.8 Å². The third kappa shape index (κ3) is 18.3. The molecule has 2 aromatic carbocycles. The summed E-state index contributed by atoms with van der Waals surface area (Å²) in [4.78, 5) is 84.4. The van der Waals surface area contributed by atoms with Gasteiger partial charge >= 0.3 is 5.69 Å². The highest BCUT2D eigenvalue weighted by Crippen LogP contribution is 2.29. The maximum atomic E-state index is 12.8. The van der Waals surface area contributed by atoms with Crippen molar-refractivity contribution in [3.8, 4) is 0 Å². The highest BCUT2D eigenvalue weighted by molar-refractivity contribution is 7.17. The van der Waals surface area contributed by atoms with Crippen LogP contribution in [0.15, 0.2) is 76.7 Å². The van der Waals surface area contributed by atoms with Gasteiger partial charge in [0.1, 0.15) is 34.3 Å². The largest absolute Gasteiger partial charge is 0.395 e. The second-order valence-corrected chi connectivity index (χ2v) is 20.7. The van der Waals surface area contributed by atoms with Crippen LogP contribution in [-0.4, -0.2) is 150 Å². The summed E-state index contributed by atoms with van der Waals surface area (Å²) in [5.41, 5.74) is 3.39. The summed E-state index contributed by atoms with van der Waals surface area (Å²) < 4.78 is 0. The van der Waals surface area contributed by atoms with E-state index in [0.29, 0.717) is 77.2 Å². The van der Waals surface area contributed by atoms with Gasteiger partial charge in [-0.1, -0.05) is 81.7 Å². The van der Waals surface area contributed by atoms with E-state index in [1.807, 2.05) is 51.1 Å². The Labute approximate surface area is 463 Å². The minimum absolute atomic E-state index is 0.0166. The van der Waals surface area contributed by atoms with E-state index < -0.39 is 5.69 Å². The molecule has 7 heterocycles. The maximum Gasteiger partial charge on any atom is 0.325 e. The number of rotatable bonds is 15. The lowest BCUT2D eigenvalue weighted by Gasteiger charge is -2.35. The van der Waals surface area contributed by atoms with E-state index in [1.165, 1.54) is 28.9 Å². The smallest absolute Gasteiger partial charge is 0.325 e. The number of aromatic nitrogens is 8. The molecule has 2 aliphatic heterocycles. The predicted octanol–water partition coefficient (Wildman–Crippen LogP) is 6.77. The number of aromatic amines is 2. The molecule has 2 fully saturated rings. The van der Waals surface area contributed by atoms with Gasteiger partial charge < -0.3 is 36.0 Å². The molecule has 404 valence electrons. The lowest BCUT2D eigenvalue weighted by molar-refractivity contribution is 0.0988. The van der Waals surface area contributed by atoms with Gasteiger partial charge in [0.2, 0.25) is 0 Å². The van der Waals surface area contributed by atoms with Crippen molar-refractivity contribution in [2.24, 2.45) is 0 Å². The molecular weight excluding hydrogens is 1080 g/mol. The number of Topliss-reactive ketones (excluding diaryl/α,β-unsaturated/α-hetero) is 2. The van der Waals surface area contributed by atoms with E-state index in [1.54, 1.807) is 44.4 Å². The molecule has 7 N–H and O–H groups in total. The van der Waals surface area contributed by atoms with E-state index in [-0.39, 0.29) is 36.6 Å². The predicted molar refractivity (Wildman–Crippen MR) is 302 cm³/mol. The molecule has 0 amide bonds. The number of aliphatic hydroxyl groups excluding tert-OH is 2. The van der Waals surface area contributed by atoms with Gasteiger partial charge in [0, 0.05) is 112 Å². The van der Waals surface area contributed by atoms with Crippen LogP contribution in [0.4, 0.5) is 27.7 Å². The first-order chi connectivity index (χ1) is 36.5. The Morgan fingerprint density at radius 1 is 0.658 bits per heavy atom. The molecule has 25 heteroatoms. The zero-order chi connectivity index (χ0) is 54.7. The summed E-state index contributed by atoms with van der Waals surface area (Å²) in [6.07, 6.45) is 5.01. The third-order valence-electron chi connectivity index (χ3n) is 11.8. The van der Waals surface area contributed by atoms with Crippen molar-refractivity contribution in [2.45, 2.75) is 47.5 Å². The van der Waals surface area contributed by atoms with Crippen LogP contribution in [0.3, 0.4) is 0 Å². The number of aliphatic hydroxyl groups is 2. The Bertz CT molecular complexity index is 3090. The maximum absolute atomic E-state index is 12.8. The van der Waals surface area contributed by atoms with E-state index in [0.717, 1.165) is 87.0 Å². The molecule has 0 unspecified atom stereocenters. The summed E-state index contributed by atoms with van der Waals surface area (Å²) in [5, 5.41) is 29.9. The molecule has 76 heavy (non-hydrogen) atoms. The molecule has 0 aliphatic carbocycles. The van der Waals surface area contributed by atoms with Crippen LogP contribution in [0.25, 0.3) is 0 Å². The fraction of sp³-hybridized carbons (Fsp3) is 0.373. The van der Waals surface area contributed by atoms with Gasteiger partial charge in [-0.2, -0.15) is 0 Å². The van der Waals surface area contributed by atoms with Gasteiger partial charge in [0.05, 0.1) is 35.4 Å². The minimum Gasteiger partial charge on any atom is -0.395 e. The molecule has 7 aromatic rings. The lowest BCUT2D eigenvalue weighted by atomic mass is 10.0. The number of anilines is 5. The van der Waals surface area contributed by atoms with Gasteiger partial charge in [-0.15, -0.1) is 0 Å². The first-order valence-electron chi connectivity index (χ1n) is 24.3. The number of carbonyl (C=O) groups is 2. The van der Waals surface area contributed by atoms with Gasteiger partial charge in [-0.05, 0) is 69.0 Å². The Kier molecular flexibility index (Phi) is 22.9. The topological polar surface area (TPSA) is 263 Å². The minimum atomic E-state index is -0.467. The van der Waals surface area contributed by atoms with Crippen molar-refractivity contribution in [3.05, 3.63) is 152 Å². The zero-order valence-electron chi connectivity index (χ0n) is 42.8. The van der Waals surface area contributed by atoms with Crippen LogP contribution in [0, 0.1) is 34.6 Å². The number of benzene rings is 2. The highest BCUT2D eigenvalue weighted by atomic mass is 35.5. The fourth-order valence-electron chi connectivity index (χ4n) is 7.69. The normalized spacial score (nSPS) is 13.6. The van der Waals surface area contributed by atoms with Gasteiger partial charge in [0.25, 0.3) is 5.56 Å². The summed E-state index contributed by atoms with van der Waals surface area (Å²) in [6.45, 7) is 18.9. The molecular formula is C51H61Cl3N14O6S2. The number of β-amino-alcohol motifs (C(OH)–C–C–N with tert-alkyl or cyclic N) is 2. The van der Waals surface area contributed by atoms with E-state index in [9.17, 15) is 19.2 Å². The number of carbonyl (C=O) groups excluding carboxylic acids is 2. The van der Waals surface area contributed by atoms with Crippen molar-refractivity contribution in [1.29, 1.82) is 0 Å². The van der Waals surface area contributed by atoms with E-state index >= 15 is 0 Å². The van der Waals surface area contributed by atoms with E-state index in [2.05, 4.69) is 70.5 Å². The molecule has 2 saturated heterocycles. The molecule has 0 atom stereocenters. The first kappa shape index (κ1) is 59.2. The van der Waals surface area contributed by atoms with Crippen LogP contribution in [0.1, 0.15) is 58.8 Å². The molecule has 9 rings (SSSR count). The first-order valence-corrected chi connectivity index (χ1v) is 27.0. The molecule has 2 aliphatic rings. The number of thiazole rings is 2. The fourth-order valence-corrected chi connectivity index (χ4v) is 10.0. The summed E-state index contributed by atoms with van der Waals surface area (Å²) in [7, 11) is 0. The Morgan fingerprint density at radius 2 is 1.16 bits per heavy atom. The van der Waals surface area contributed by atoms with Crippen LogP contribution in [0.2, 0.25) is 15.2 Å². The number of hydrogen-bond donors (Lipinski definition) is 7. The second kappa shape index (κ2) is 29.5. The Hall–Kier alpha value is -6.05. The van der Waals surface area contributed by atoms with Crippen LogP contribution >= 0.6 is 57.5 Å². The average molecular weight is 1140 g/mol. The Morgan fingerprint density at radius 3 is 1.63 bits per heavy atom. The second-order valence-electron chi connectivity index (χ2n) is 17.5. The van der Waals surface area contributed by atoms with Crippen LogP contribution in [-0.2, 0) is 12.8 Å². The zero-order valence-corrected chi connectivity index (χ0v) is 46.7. The van der Waals surface area contributed by atoms with Gasteiger partial charge in [-0.3, -0.25) is 29.2 Å². The lowest BCUT2D eigenvalue weighted by Crippen LogP contribution is -2.47. The number of nitrogens with zero attached hydrogens (tertiary/aromatic N) is 9. The molecule has 0 radical (unpaired) electrons. The van der Waals surface area contributed by atoms with Crippen LogP contribution in [0.5, 0.6) is 0 Å². The van der Waals surface area contributed by atoms with Crippen molar-refractivity contribution >= 4 is 96.8 Å². The van der Waals surface area contributed by atoms with Crippen molar-refractivity contribution in [2.75, 3.05) is 94.2 Å². The SMILES string of the molecule is Cc1c[nH]c(=O)[nH]c1=O.Cc1nc(Cl)cc(Nc2ncc(C(=O)Cc3c(C)cccc3Cl)s2)n1.Cc1nc(Nc2ncc(C(=O)Cc3c(C)cccc3Cl)s2)cc(N2CCN(CCO)CC2)n1.OCCN1CCNCC1. The molecule has 5 aromatic heterocycles. The monoisotopic (exact) mass is 1130 g/mol. The third-order valence-corrected chi connectivity index (χ3v) is 14.6. The average Bonchev–Trinajstić information content (AvgIpc) is 4.06. The number of ketones is 2. The van der Waals surface area contributed by atoms with Crippen molar-refractivity contribution in [1.82, 2.24) is 55.0 Å².